The van der Waals surface area contributed by atoms with Gasteiger partial charge in [0.05, 0.1) is 24.5 Å². The van der Waals surface area contributed by atoms with Crippen LogP contribution in [0.1, 0.15) is 64.0 Å². The molecule has 35 heavy (non-hydrogen) atoms. The van der Waals surface area contributed by atoms with E-state index in [1.807, 2.05) is 13.1 Å². The van der Waals surface area contributed by atoms with Crippen molar-refractivity contribution in [2.75, 3.05) is 26.7 Å². The number of likely N-dealkylation sites (tertiary alicyclic amines) is 1. The predicted molar refractivity (Wildman–Crippen MR) is 145 cm³/mol. The molecule has 1 aromatic heterocycles. The lowest BCUT2D eigenvalue weighted by molar-refractivity contribution is 0.0107. The lowest BCUT2D eigenvalue weighted by Gasteiger charge is -2.33. The third-order valence-electron chi connectivity index (χ3n) is 7.01. The van der Waals surface area contributed by atoms with Crippen molar-refractivity contribution in [1.82, 2.24) is 15.1 Å². The molecule has 2 aliphatic rings. The predicted octanol–water partition coefficient (Wildman–Crippen LogP) is 5.73. The van der Waals surface area contributed by atoms with Crippen molar-refractivity contribution in [2.24, 2.45) is 5.92 Å². The average Bonchev–Trinajstić information content (AvgIpc) is 2.84. The number of aliphatic hydroxyl groups excluding tert-OH is 1. The van der Waals surface area contributed by atoms with E-state index in [1.165, 1.54) is 19.3 Å². The molecular weight excluding hydrogens is 485 g/mol. The molecule has 1 aliphatic heterocycles. The topological polar surface area (TPSA) is 67.7 Å². The second-order valence-corrected chi connectivity index (χ2v) is 9.74. The van der Waals surface area contributed by atoms with Gasteiger partial charge in [-0.2, -0.15) is 5.10 Å². The smallest absolute Gasteiger partial charge is 0.234 e. The van der Waals surface area contributed by atoms with Crippen LogP contribution in [0.3, 0.4) is 0 Å². The molecule has 1 N–H and O–H groups in total. The molecule has 6 nitrogen and oxygen atoms in total. The Morgan fingerprint density at radius 1 is 1.03 bits per heavy atom. The quantitative estimate of drug-likeness (QED) is 0.450. The fraction of sp³-hybridized carbons (Fsp3) is 0.630. The maximum atomic E-state index is 10.4. The molecular formula is C27H41Cl2N3O3. The first-order chi connectivity index (χ1) is 16.1. The highest BCUT2D eigenvalue weighted by atomic mass is 35.5. The number of likely N-dealkylation sites (N-methyl/N-ethyl adjacent to an activating group) is 1. The number of benzene rings is 1. The van der Waals surface area contributed by atoms with Gasteiger partial charge >= 0.3 is 0 Å². The lowest BCUT2D eigenvalue weighted by Crippen LogP contribution is -2.43. The van der Waals surface area contributed by atoms with Crippen LogP contribution in [-0.4, -0.2) is 59.2 Å². The number of halogens is 2. The van der Waals surface area contributed by atoms with Crippen molar-refractivity contribution in [2.45, 2.75) is 76.9 Å². The fourth-order valence-electron chi connectivity index (χ4n) is 4.86. The van der Waals surface area contributed by atoms with Crippen molar-refractivity contribution >= 4 is 24.8 Å². The van der Waals surface area contributed by atoms with E-state index >= 15 is 0 Å². The molecule has 4 rings (SSSR count). The van der Waals surface area contributed by atoms with E-state index in [-0.39, 0.29) is 36.8 Å². The van der Waals surface area contributed by atoms with Gasteiger partial charge in [-0.05, 0) is 76.2 Å². The second kappa shape index (κ2) is 14.8. The maximum Gasteiger partial charge on any atom is 0.234 e. The van der Waals surface area contributed by atoms with E-state index in [0.717, 1.165) is 67.6 Å². The fourth-order valence-corrected chi connectivity index (χ4v) is 4.86. The minimum Gasteiger partial charge on any atom is -0.490 e. The first-order valence-corrected chi connectivity index (χ1v) is 12.8. The Morgan fingerprint density at radius 2 is 1.77 bits per heavy atom. The van der Waals surface area contributed by atoms with Crippen LogP contribution in [0.15, 0.2) is 30.3 Å². The van der Waals surface area contributed by atoms with Crippen LogP contribution in [0.2, 0.25) is 0 Å². The van der Waals surface area contributed by atoms with Crippen molar-refractivity contribution in [3.8, 4) is 22.8 Å². The third-order valence-corrected chi connectivity index (χ3v) is 7.01. The molecule has 0 bridgehead atoms. The van der Waals surface area contributed by atoms with Gasteiger partial charge in [0.15, 0.2) is 0 Å². The van der Waals surface area contributed by atoms with Gasteiger partial charge < -0.3 is 19.5 Å². The van der Waals surface area contributed by atoms with E-state index in [0.29, 0.717) is 25.1 Å². The molecule has 0 unspecified atom stereocenters. The minimum atomic E-state index is -0.364. The van der Waals surface area contributed by atoms with Crippen LogP contribution in [0.4, 0.5) is 0 Å². The van der Waals surface area contributed by atoms with Crippen molar-refractivity contribution in [3.63, 3.8) is 0 Å². The number of β-amino-alcohol motifs (C(OH)–C–C–N with tert-alkyl or cyclic N) is 1. The second-order valence-electron chi connectivity index (χ2n) is 9.74. The third kappa shape index (κ3) is 8.49. The molecule has 1 aliphatic carbocycles. The number of aryl methyl sites for hydroxylation is 1. The summed E-state index contributed by atoms with van der Waals surface area (Å²) in [6.45, 7) is 4.32. The van der Waals surface area contributed by atoms with E-state index in [9.17, 15) is 5.11 Å². The van der Waals surface area contributed by atoms with Crippen LogP contribution in [0.5, 0.6) is 11.6 Å². The van der Waals surface area contributed by atoms with Crippen molar-refractivity contribution in [1.29, 1.82) is 0 Å². The molecule has 1 saturated carbocycles. The summed E-state index contributed by atoms with van der Waals surface area (Å²) in [6, 6.07) is 10.4. The molecule has 2 atom stereocenters. The number of hydrogen-bond donors (Lipinski definition) is 1. The average molecular weight is 527 g/mol. The summed E-state index contributed by atoms with van der Waals surface area (Å²) in [5.41, 5.74) is 3.18. The molecule has 2 heterocycles. The summed E-state index contributed by atoms with van der Waals surface area (Å²) in [5.74, 6) is 1.59. The van der Waals surface area contributed by atoms with Gasteiger partial charge in [0.1, 0.15) is 5.75 Å². The monoisotopic (exact) mass is 525 g/mol. The Bertz CT molecular complexity index is 878. The molecule has 0 radical (unpaired) electrons. The zero-order chi connectivity index (χ0) is 23.0. The standard InChI is InChI=1S/C27H39N3O3.2ClH/c1-3-4-10-25-24(20-11-13-23(14-12-20)33-22-8-6-5-7-9-22)17-27(29-28-25)32-19-21-15-16-30(2)18-26(21)31;;/h11-14,17,21-22,26,31H,3-10,15-16,18-19H2,1-2H3;2*1H/t21-,26-;;/m1../s1. The highest BCUT2D eigenvalue weighted by Gasteiger charge is 2.26. The summed E-state index contributed by atoms with van der Waals surface area (Å²) >= 11 is 0. The van der Waals surface area contributed by atoms with Crippen LogP contribution in [0, 0.1) is 5.92 Å². The molecule has 0 amide bonds. The largest absolute Gasteiger partial charge is 0.490 e. The normalized spacial score (nSPS) is 21.0. The maximum absolute atomic E-state index is 10.4. The van der Waals surface area contributed by atoms with E-state index in [1.54, 1.807) is 0 Å². The number of nitrogens with zero attached hydrogens (tertiary/aromatic N) is 3. The summed E-state index contributed by atoms with van der Waals surface area (Å²) in [4.78, 5) is 2.16. The van der Waals surface area contributed by atoms with Gasteiger partial charge in [-0.3, -0.25) is 0 Å². The molecule has 0 spiro atoms. The Labute approximate surface area is 222 Å². The summed E-state index contributed by atoms with van der Waals surface area (Å²) in [7, 11) is 2.04. The zero-order valence-electron chi connectivity index (χ0n) is 21.0. The van der Waals surface area contributed by atoms with Gasteiger partial charge in [-0.25, -0.2) is 0 Å². The Balaban J connectivity index is 0.00000216. The zero-order valence-corrected chi connectivity index (χ0v) is 22.7. The Hall–Kier alpha value is -1.60. The lowest BCUT2D eigenvalue weighted by atomic mass is 9.95. The van der Waals surface area contributed by atoms with Gasteiger partial charge in [-0.1, -0.05) is 31.9 Å². The number of piperidine rings is 1. The van der Waals surface area contributed by atoms with Gasteiger partial charge in [0.2, 0.25) is 5.88 Å². The van der Waals surface area contributed by atoms with Crippen molar-refractivity contribution in [3.05, 3.63) is 36.0 Å². The highest BCUT2D eigenvalue weighted by Crippen LogP contribution is 2.30. The van der Waals surface area contributed by atoms with Gasteiger partial charge in [-0.15, -0.1) is 29.9 Å². The molecule has 1 aromatic carbocycles. The number of aromatic nitrogens is 2. The molecule has 2 fully saturated rings. The van der Waals surface area contributed by atoms with Crippen LogP contribution < -0.4 is 9.47 Å². The summed E-state index contributed by atoms with van der Waals surface area (Å²) in [5, 5.41) is 19.2. The summed E-state index contributed by atoms with van der Waals surface area (Å²) < 4.78 is 12.2. The highest BCUT2D eigenvalue weighted by molar-refractivity contribution is 5.85. The van der Waals surface area contributed by atoms with Crippen LogP contribution in [0.25, 0.3) is 11.1 Å². The van der Waals surface area contributed by atoms with E-state index < -0.39 is 0 Å². The molecule has 196 valence electrons. The Morgan fingerprint density at radius 3 is 2.46 bits per heavy atom. The number of ether oxygens (including phenoxy) is 2. The van der Waals surface area contributed by atoms with Gasteiger partial charge in [0.25, 0.3) is 0 Å². The minimum absolute atomic E-state index is 0. The van der Waals surface area contributed by atoms with Crippen molar-refractivity contribution < 1.29 is 14.6 Å². The van der Waals surface area contributed by atoms with Gasteiger partial charge in [0, 0.05) is 24.1 Å². The van der Waals surface area contributed by atoms with E-state index in [4.69, 9.17) is 9.47 Å². The van der Waals surface area contributed by atoms with Crippen LogP contribution >= 0.6 is 24.8 Å². The first-order valence-electron chi connectivity index (χ1n) is 12.8. The summed E-state index contributed by atoms with van der Waals surface area (Å²) in [6.07, 6.45) is 10.2. The number of hydrogen-bond acceptors (Lipinski definition) is 6. The number of unbranched alkanes of at least 4 members (excludes halogenated alkanes) is 1. The first kappa shape index (κ1) is 29.6. The SMILES string of the molecule is CCCCc1nnc(OC[C@H]2CCN(C)C[C@H]2O)cc1-c1ccc(OC2CCCCC2)cc1.Cl.Cl. The van der Waals surface area contributed by atoms with E-state index in [2.05, 4.69) is 46.3 Å². The molecule has 1 saturated heterocycles. The van der Waals surface area contributed by atoms with Crippen LogP contribution in [-0.2, 0) is 6.42 Å². The molecule has 2 aromatic rings. The Kier molecular flexibility index (Phi) is 12.6. The number of rotatable bonds is 9. The molecule has 8 heteroatoms. The number of aliphatic hydroxyl groups is 1.